The molecule has 0 spiro atoms. The van der Waals surface area contributed by atoms with E-state index in [0.29, 0.717) is 16.7 Å². The Labute approximate surface area is 172 Å². The first-order chi connectivity index (χ1) is 14.3. The lowest BCUT2D eigenvalue weighted by Gasteiger charge is -2.16. The SMILES string of the molecule is O=c1c(C=NC2CCCCC2)c(-c2ccccc2)[nH]n1-c1nc2ccccc2s1. The number of nitrogens with zero attached hydrogens (tertiary/aromatic N) is 3. The van der Waals surface area contributed by atoms with Gasteiger partial charge in [0.25, 0.3) is 5.56 Å². The predicted molar refractivity (Wildman–Crippen MR) is 119 cm³/mol. The maximum Gasteiger partial charge on any atom is 0.282 e. The lowest BCUT2D eigenvalue weighted by Crippen LogP contribution is -2.17. The van der Waals surface area contributed by atoms with Crippen LogP contribution in [0.25, 0.3) is 26.6 Å². The van der Waals surface area contributed by atoms with Crippen LogP contribution in [0.15, 0.2) is 64.4 Å². The van der Waals surface area contributed by atoms with Crippen LogP contribution in [0.1, 0.15) is 37.7 Å². The molecular weight excluding hydrogens is 380 g/mol. The van der Waals surface area contributed by atoms with Crippen molar-refractivity contribution in [1.29, 1.82) is 0 Å². The maximum atomic E-state index is 13.3. The van der Waals surface area contributed by atoms with E-state index in [1.807, 2.05) is 54.6 Å². The Morgan fingerprint density at radius 1 is 1.03 bits per heavy atom. The fourth-order valence-electron chi connectivity index (χ4n) is 3.90. The standard InChI is InChI=1S/C23H22N4OS/c28-22-18(15-24-17-11-5-2-6-12-17)21(16-9-3-1-4-10-16)26-27(22)23-25-19-13-7-8-14-20(19)29-23/h1,3-4,7-10,13-15,17,26H,2,5-6,11-12H2. The highest BCUT2D eigenvalue weighted by molar-refractivity contribution is 7.20. The zero-order valence-corrected chi connectivity index (χ0v) is 16.9. The van der Waals surface area contributed by atoms with Crippen LogP contribution >= 0.6 is 11.3 Å². The molecule has 4 aromatic rings. The number of thiazole rings is 1. The van der Waals surface area contributed by atoms with Crippen molar-refractivity contribution in [1.82, 2.24) is 14.8 Å². The van der Waals surface area contributed by atoms with Crippen LogP contribution in [0.4, 0.5) is 0 Å². The largest absolute Gasteiger partial charge is 0.289 e. The molecule has 29 heavy (non-hydrogen) atoms. The van der Waals surface area contributed by atoms with Gasteiger partial charge >= 0.3 is 0 Å². The zero-order chi connectivity index (χ0) is 19.6. The van der Waals surface area contributed by atoms with E-state index in [1.165, 1.54) is 30.6 Å². The Balaban J connectivity index is 1.62. The van der Waals surface area contributed by atoms with E-state index in [2.05, 4.69) is 10.1 Å². The summed E-state index contributed by atoms with van der Waals surface area (Å²) in [6.07, 6.45) is 7.71. The molecule has 0 unspecified atom stereocenters. The Kier molecular flexibility index (Phi) is 4.86. The van der Waals surface area contributed by atoms with Crippen LogP contribution < -0.4 is 5.56 Å². The number of nitrogens with one attached hydrogen (secondary N) is 1. The van der Waals surface area contributed by atoms with Crippen LogP contribution in [0.5, 0.6) is 0 Å². The molecule has 5 nitrogen and oxygen atoms in total. The number of fused-ring (bicyclic) bond motifs is 1. The fraction of sp³-hybridized carbons (Fsp3) is 0.261. The summed E-state index contributed by atoms with van der Waals surface area (Å²) in [6, 6.07) is 18.2. The fourth-order valence-corrected chi connectivity index (χ4v) is 4.82. The molecule has 1 fully saturated rings. The molecule has 2 aromatic carbocycles. The van der Waals surface area contributed by atoms with Gasteiger partial charge in [0.05, 0.1) is 21.5 Å². The lowest BCUT2D eigenvalue weighted by molar-refractivity contribution is 0.444. The van der Waals surface area contributed by atoms with Gasteiger partial charge in [-0.1, -0.05) is 73.1 Å². The Morgan fingerprint density at radius 3 is 2.59 bits per heavy atom. The second kappa shape index (κ2) is 7.79. The van der Waals surface area contributed by atoms with Crippen molar-refractivity contribution in [2.75, 3.05) is 0 Å². The molecule has 0 radical (unpaired) electrons. The van der Waals surface area contributed by atoms with Gasteiger partial charge in [-0.3, -0.25) is 14.9 Å². The summed E-state index contributed by atoms with van der Waals surface area (Å²) in [5.74, 6) is 0. The Morgan fingerprint density at radius 2 is 1.79 bits per heavy atom. The molecule has 1 N–H and O–H groups in total. The summed E-state index contributed by atoms with van der Waals surface area (Å²) in [7, 11) is 0. The van der Waals surface area contributed by atoms with E-state index in [9.17, 15) is 4.79 Å². The third kappa shape index (κ3) is 3.56. The monoisotopic (exact) mass is 402 g/mol. The first kappa shape index (κ1) is 18.1. The second-order valence-corrected chi connectivity index (χ2v) is 8.45. The summed E-state index contributed by atoms with van der Waals surface area (Å²) < 4.78 is 2.61. The van der Waals surface area contributed by atoms with Crippen molar-refractivity contribution in [3.8, 4) is 16.4 Å². The van der Waals surface area contributed by atoms with Crippen LogP contribution in [0.2, 0.25) is 0 Å². The predicted octanol–water partition coefficient (Wildman–Crippen LogP) is 5.19. The minimum absolute atomic E-state index is 0.109. The third-order valence-electron chi connectivity index (χ3n) is 5.45. The van der Waals surface area contributed by atoms with Crippen LogP contribution in [-0.2, 0) is 0 Å². The summed E-state index contributed by atoms with van der Waals surface area (Å²) in [4.78, 5) is 22.7. The minimum atomic E-state index is -0.109. The number of hydrogen-bond acceptors (Lipinski definition) is 4. The molecule has 2 heterocycles. The molecule has 146 valence electrons. The average molecular weight is 403 g/mol. The summed E-state index contributed by atoms with van der Waals surface area (Å²) in [6.45, 7) is 0. The Bertz CT molecular complexity index is 1180. The highest BCUT2D eigenvalue weighted by Crippen LogP contribution is 2.26. The van der Waals surface area contributed by atoms with E-state index in [1.54, 1.807) is 10.9 Å². The van der Waals surface area contributed by atoms with Gasteiger partial charge in [-0.15, -0.1) is 0 Å². The number of para-hydroxylation sites is 1. The van der Waals surface area contributed by atoms with Gasteiger partial charge in [0.1, 0.15) is 0 Å². The molecule has 6 heteroatoms. The van der Waals surface area contributed by atoms with E-state index < -0.39 is 0 Å². The van der Waals surface area contributed by atoms with Crippen molar-refractivity contribution >= 4 is 27.8 Å². The van der Waals surface area contributed by atoms with Crippen LogP contribution in [-0.4, -0.2) is 27.0 Å². The van der Waals surface area contributed by atoms with Crippen molar-refractivity contribution < 1.29 is 0 Å². The van der Waals surface area contributed by atoms with Gasteiger partial charge in [-0.05, 0) is 25.0 Å². The summed E-state index contributed by atoms with van der Waals surface area (Å²) >= 11 is 1.50. The zero-order valence-electron chi connectivity index (χ0n) is 16.0. The smallest absolute Gasteiger partial charge is 0.282 e. The number of H-pyrrole nitrogens is 1. The molecule has 0 atom stereocenters. The topological polar surface area (TPSA) is 63.0 Å². The number of aromatic amines is 1. The van der Waals surface area contributed by atoms with Crippen LogP contribution in [0.3, 0.4) is 0 Å². The van der Waals surface area contributed by atoms with E-state index in [4.69, 9.17) is 4.99 Å². The molecule has 1 aliphatic carbocycles. The first-order valence-corrected chi connectivity index (χ1v) is 10.9. The normalized spacial score (nSPS) is 15.4. The van der Waals surface area contributed by atoms with Crippen molar-refractivity contribution in [2.24, 2.45) is 4.99 Å². The third-order valence-corrected chi connectivity index (χ3v) is 6.47. The average Bonchev–Trinajstić information content (AvgIpc) is 3.34. The summed E-state index contributed by atoms with van der Waals surface area (Å²) in [5.41, 5.74) is 3.14. The number of rotatable bonds is 4. The van der Waals surface area contributed by atoms with Gasteiger partial charge in [0, 0.05) is 17.8 Å². The van der Waals surface area contributed by atoms with E-state index >= 15 is 0 Å². The highest BCUT2D eigenvalue weighted by Gasteiger charge is 2.18. The van der Waals surface area contributed by atoms with E-state index in [-0.39, 0.29) is 5.56 Å². The molecule has 5 rings (SSSR count). The molecule has 2 aromatic heterocycles. The molecule has 0 saturated heterocycles. The molecule has 1 aliphatic rings. The number of aliphatic imine (C=N–C) groups is 1. The van der Waals surface area contributed by atoms with Gasteiger partial charge in [-0.2, -0.15) is 4.68 Å². The van der Waals surface area contributed by atoms with Gasteiger partial charge in [-0.25, -0.2) is 4.98 Å². The van der Waals surface area contributed by atoms with Crippen molar-refractivity contribution in [3.05, 3.63) is 70.5 Å². The number of hydrogen-bond donors (Lipinski definition) is 1. The van der Waals surface area contributed by atoms with Crippen molar-refractivity contribution in [2.45, 2.75) is 38.1 Å². The van der Waals surface area contributed by atoms with Gasteiger partial charge < -0.3 is 0 Å². The molecule has 0 amide bonds. The summed E-state index contributed by atoms with van der Waals surface area (Å²) in [5, 5.41) is 3.94. The minimum Gasteiger partial charge on any atom is -0.289 e. The highest BCUT2D eigenvalue weighted by atomic mass is 32.1. The van der Waals surface area contributed by atoms with Crippen LogP contribution in [0, 0.1) is 0 Å². The number of benzene rings is 2. The van der Waals surface area contributed by atoms with Gasteiger partial charge in [0.15, 0.2) is 0 Å². The Hall–Kier alpha value is -2.99. The van der Waals surface area contributed by atoms with Gasteiger partial charge in [0.2, 0.25) is 5.13 Å². The molecule has 0 bridgehead atoms. The quantitative estimate of drug-likeness (QED) is 0.477. The lowest BCUT2D eigenvalue weighted by atomic mass is 9.96. The maximum absolute atomic E-state index is 13.3. The second-order valence-electron chi connectivity index (χ2n) is 7.44. The van der Waals surface area contributed by atoms with Crippen molar-refractivity contribution in [3.63, 3.8) is 0 Å². The molecule has 1 saturated carbocycles. The van der Waals surface area contributed by atoms with E-state index in [0.717, 1.165) is 34.3 Å². The molecular formula is C23H22N4OS. The first-order valence-electron chi connectivity index (χ1n) is 10.1. The molecule has 0 aliphatic heterocycles. The number of aromatic nitrogens is 3.